The van der Waals surface area contributed by atoms with Crippen molar-refractivity contribution >= 4 is 63.8 Å². The number of carbonyl (C=O) groups is 2. The molecule has 0 heterocycles. The molecule has 24 heavy (non-hydrogen) atoms. The second-order valence-electron chi connectivity index (χ2n) is 6.45. The molecule has 0 saturated carbocycles. The first-order valence-corrected chi connectivity index (χ1v) is 8.70. The number of Topliss-reactive ketones (excluding diaryl/α,β-unsaturated/α-hetero) is 1. The van der Waals surface area contributed by atoms with Crippen LogP contribution in [0.2, 0.25) is 0 Å². The molecule has 0 aromatic heterocycles. The molecule has 0 bridgehead atoms. The fourth-order valence-corrected chi connectivity index (χ4v) is 3.74. The largest absolute Gasteiger partial charge is 0.291 e. The van der Waals surface area contributed by atoms with Gasteiger partial charge >= 0.3 is 0 Å². The van der Waals surface area contributed by atoms with Gasteiger partial charge < -0.3 is 0 Å². The minimum absolute atomic E-state index is 0.00158. The third-order valence-corrected chi connectivity index (χ3v) is 6.31. The molecular formula is C17H15Cl4NO2. The standard InChI is InChI=1S/C17H15Cl4NO2/c1-16(2,3)17(21)13(20)12(10(18)11(19)14(17)23)22-15(24)9-7-5-4-6-8-9/h4-8,13H,1-3H3/t13-,17-/m1/s1. The molecule has 1 aromatic carbocycles. The minimum Gasteiger partial charge on any atom is -0.291 e. The maximum absolute atomic E-state index is 12.6. The minimum atomic E-state index is -1.57. The van der Waals surface area contributed by atoms with Gasteiger partial charge in [-0.25, -0.2) is 4.99 Å². The van der Waals surface area contributed by atoms with E-state index in [1.807, 2.05) is 0 Å². The van der Waals surface area contributed by atoms with E-state index in [1.165, 1.54) is 0 Å². The second kappa shape index (κ2) is 6.80. The number of alkyl halides is 2. The van der Waals surface area contributed by atoms with Gasteiger partial charge in [0.05, 0.1) is 10.7 Å². The Hall–Kier alpha value is -0.870. The highest BCUT2D eigenvalue weighted by Crippen LogP contribution is 2.49. The highest BCUT2D eigenvalue weighted by Gasteiger charge is 2.58. The topological polar surface area (TPSA) is 46.5 Å². The van der Waals surface area contributed by atoms with Crippen molar-refractivity contribution in [3.63, 3.8) is 0 Å². The zero-order valence-electron chi connectivity index (χ0n) is 13.2. The smallest absolute Gasteiger partial charge is 0.277 e. The van der Waals surface area contributed by atoms with Crippen molar-refractivity contribution in [2.75, 3.05) is 0 Å². The molecule has 2 atom stereocenters. The Morgan fingerprint density at radius 3 is 2.17 bits per heavy atom. The number of carbonyl (C=O) groups excluding carboxylic acids is 2. The van der Waals surface area contributed by atoms with E-state index in [4.69, 9.17) is 46.4 Å². The van der Waals surface area contributed by atoms with Crippen molar-refractivity contribution in [2.45, 2.75) is 31.0 Å². The number of ketones is 1. The third-order valence-electron chi connectivity index (χ3n) is 3.87. The van der Waals surface area contributed by atoms with Gasteiger partial charge in [0.2, 0.25) is 0 Å². The van der Waals surface area contributed by atoms with Crippen molar-refractivity contribution in [3.05, 3.63) is 46.0 Å². The van der Waals surface area contributed by atoms with E-state index >= 15 is 0 Å². The lowest BCUT2D eigenvalue weighted by Gasteiger charge is -2.43. The first-order chi connectivity index (χ1) is 11.0. The summed E-state index contributed by atoms with van der Waals surface area (Å²) >= 11 is 25.2. The molecule has 1 aliphatic rings. The molecule has 0 radical (unpaired) electrons. The van der Waals surface area contributed by atoms with E-state index < -0.39 is 27.4 Å². The molecule has 1 aliphatic carbocycles. The van der Waals surface area contributed by atoms with Gasteiger partial charge in [0, 0.05) is 5.56 Å². The van der Waals surface area contributed by atoms with Crippen molar-refractivity contribution in [1.82, 2.24) is 0 Å². The predicted molar refractivity (Wildman–Crippen MR) is 99.6 cm³/mol. The number of hydrogen-bond donors (Lipinski definition) is 0. The fourth-order valence-electron chi connectivity index (χ4n) is 2.37. The molecule has 2 rings (SSSR count). The van der Waals surface area contributed by atoms with Crippen LogP contribution in [-0.2, 0) is 4.79 Å². The van der Waals surface area contributed by atoms with Gasteiger partial charge in [-0.1, -0.05) is 62.2 Å². The monoisotopic (exact) mass is 405 g/mol. The lowest BCUT2D eigenvalue weighted by molar-refractivity contribution is -0.119. The van der Waals surface area contributed by atoms with Crippen LogP contribution in [0.3, 0.4) is 0 Å². The van der Waals surface area contributed by atoms with E-state index in [9.17, 15) is 9.59 Å². The Bertz CT molecular complexity index is 750. The average Bonchev–Trinajstić information content (AvgIpc) is 2.54. The van der Waals surface area contributed by atoms with Crippen molar-refractivity contribution in [1.29, 1.82) is 0 Å². The van der Waals surface area contributed by atoms with Crippen LogP contribution in [0.25, 0.3) is 0 Å². The first kappa shape index (κ1) is 19.5. The summed E-state index contributed by atoms with van der Waals surface area (Å²) in [5.41, 5.74) is -0.379. The fraction of sp³-hybridized carbons (Fsp3) is 0.353. The number of rotatable bonds is 1. The van der Waals surface area contributed by atoms with Crippen LogP contribution in [0.15, 0.2) is 45.4 Å². The van der Waals surface area contributed by atoms with Gasteiger partial charge in [-0.15, -0.1) is 23.2 Å². The summed E-state index contributed by atoms with van der Waals surface area (Å²) in [6.45, 7) is 5.27. The summed E-state index contributed by atoms with van der Waals surface area (Å²) in [5, 5.41) is -1.51. The SMILES string of the molecule is CC(C)(C)[C@]1(Cl)C(=O)C(Cl)=C(Cl)C(=NC(=O)c2ccccc2)[C@H]1Cl. The maximum Gasteiger partial charge on any atom is 0.277 e. The van der Waals surface area contributed by atoms with E-state index in [0.29, 0.717) is 5.56 Å². The number of allylic oxidation sites excluding steroid dienone is 2. The van der Waals surface area contributed by atoms with Gasteiger partial charge in [0.25, 0.3) is 5.91 Å². The van der Waals surface area contributed by atoms with Crippen molar-refractivity contribution in [3.8, 4) is 0 Å². The van der Waals surface area contributed by atoms with Crippen LogP contribution in [0.4, 0.5) is 0 Å². The Morgan fingerprint density at radius 1 is 1.12 bits per heavy atom. The summed E-state index contributed by atoms with van der Waals surface area (Å²) in [5.74, 6) is -1.12. The molecule has 0 spiro atoms. The van der Waals surface area contributed by atoms with Crippen LogP contribution in [0.5, 0.6) is 0 Å². The molecule has 128 valence electrons. The lowest BCUT2D eigenvalue weighted by atomic mass is 9.71. The zero-order chi connectivity index (χ0) is 18.3. The van der Waals surface area contributed by atoms with E-state index in [1.54, 1.807) is 51.1 Å². The number of benzene rings is 1. The van der Waals surface area contributed by atoms with Crippen molar-refractivity contribution < 1.29 is 9.59 Å². The quantitative estimate of drug-likeness (QED) is 0.603. The molecule has 0 fully saturated rings. The number of aliphatic imine (C=N–C) groups is 1. The molecule has 0 aliphatic heterocycles. The Labute approximate surface area is 160 Å². The molecule has 1 aromatic rings. The molecule has 3 nitrogen and oxygen atoms in total. The summed E-state index contributed by atoms with van der Waals surface area (Å²) in [4.78, 5) is 27.4. The summed E-state index contributed by atoms with van der Waals surface area (Å²) in [6.07, 6.45) is 0. The van der Waals surface area contributed by atoms with Crippen LogP contribution in [0.1, 0.15) is 31.1 Å². The highest BCUT2D eigenvalue weighted by atomic mass is 35.5. The molecule has 7 heteroatoms. The Balaban J connectivity index is 2.59. The van der Waals surface area contributed by atoms with E-state index in [2.05, 4.69) is 4.99 Å². The van der Waals surface area contributed by atoms with Crippen LogP contribution < -0.4 is 0 Å². The normalized spacial score (nSPS) is 26.9. The number of halogens is 4. The summed E-state index contributed by atoms with van der Waals surface area (Å²) < 4.78 is 0. The summed E-state index contributed by atoms with van der Waals surface area (Å²) in [6, 6.07) is 8.42. The molecule has 1 amide bonds. The maximum atomic E-state index is 12.6. The van der Waals surface area contributed by atoms with Gasteiger partial charge in [-0.3, -0.25) is 9.59 Å². The van der Waals surface area contributed by atoms with Crippen LogP contribution in [0, 0.1) is 5.41 Å². The van der Waals surface area contributed by atoms with Crippen molar-refractivity contribution in [2.24, 2.45) is 10.4 Å². The summed E-state index contributed by atoms with van der Waals surface area (Å²) in [7, 11) is 0. The lowest BCUT2D eigenvalue weighted by Crippen LogP contribution is -2.57. The highest BCUT2D eigenvalue weighted by molar-refractivity contribution is 6.65. The molecule has 0 unspecified atom stereocenters. The van der Waals surface area contributed by atoms with Gasteiger partial charge in [0.1, 0.15) is 15.3 Å². The van der Waals surface area contributed by atoms with Crippen LogP contribution in [-0.4, -0.2) is 27.7 Å². The predicted octanol–water partition coefficient (Wildman–Crippen LogP) is 5.17. The van der Waals surface area contributed by atoms with Gasteiger partial charge in [0.15, 0.2) is 5.78 Å². The van der Waals surface area contributed by atoms with Gasteiger partial charge in [-0.05, 0) is 17.5 Å². The Kier molecular flexibility index (Phi) is 5.51. The third kappa shape index (κ3) is 3.15. The number of nitrogens with zero attached hydrogens (tertiary/aromatic N) is 1. The molecular weight excluding hydrogens is 392 g/mol. The Morgan fingerprint density at radius 2 is 1.67 bits per heavy atom. The average molecular weight is 407 g/mol. The first-order valence-electron chi connectivity index (χ1n) is 7.13. The zero-order valence-corrected chi connectivity index (χ0v) is 16.3. The van der Waals surface area contributed by atoms with Gasteiger partial charge in [-0.2, -0.15) is 0 Å². The second-order valence-corrected chi connectivity index (χ2v) is 8.24. The van der Waals surface area contributed by atoms with E-state index in [0.717, 1.165) is 0 Å². The van der Waals surface area contributed by atoms with Crippen LogP contribution >= 0.6 is 46.4 Å². The van der Waals surface area contributed by atoms with E-state index in [-0.39, 0.29) is 15.8 Å². The molecule has 0 saturated heterocycles. The number of hydrogen-bond acceptors (Lipinski definition) is 2. The number of amides is 1. The molecule has 0 N–H and O–H groups in total.